The second-order valence-electron chi connectivity index (χ2n) is 4.90. The van der Waals surface area contributed by atoms with Gasteiger partial charge in [-0.15, -0.1) is 0 Å². The molecular weight excluding hydrogens is 281 g/mol. The zero-order valence-electron chi connectivity index (χ0n) is 10.7. The van der Waals surface area contributed by atoms with E-state index in [2.05, 4.69) is 0 Å². The highest BCUT2D eigenvalue weighted by Crippen LogP contribution is 2.31. The molecule has 3 rings (SSSR count). The van der Waals surface area contributed by atoms with Crippen molar-refractivity contribution in [1.82, 2.24) is 4.90 Å². The lowest BCUT2D eigenvalue weighted by Crippen LogP contribution is -2.32. The average Bonchev–Trinajstić information content (AvgIpc) is 3.19. The molecule has 1 saturated carbocycles. The highest BCUT2D eigenvalue weighted by atomic mass is 35.5. The van der Waals surface area contributed by atoms with Gasteiger partial charge >= 0.3 is 0 Å². The largest absolute Gasteiger partial charge is 0.452 e. The van der Waals surface area contributed by atoms with E-state index in [0.717, 1.165) is 18.4 Å². The Hall–Kier alpha value is -1.81. The molecule has 0 radical (unpaired) electrons. The summed E-state index contributed by atoms with van der Waals surface area (Å²) in [4.78, 5) is 14.3. The number of hydrogen-bond donors (Lipinski definition) is 0. The maximum atomic E-state index is 12.9. The molecule has 1 aromatic carbocycles. The van der Waals surface area contributed by atoms with E-state index in [1.807, 2.05) is 0 Å². The summed E-state index contributed by atoms with van der Waals surface area (Å²) in [5.41, 5.74) is 1.27. The molecule has 1 aliphatic rings. The number of benzene rings is 1. The molecule has 0 N–H and O–H groups in total. The third kappa shape index (κ3) is 2.70. The van der Waals surface area contributed by atoms with E-state index in [4.69, 9.17) is 16.0 Å². The molecular formula is C15H13ClFNO2. The summed E-state index contributed by atoms with van der Waals surface area (Å²) in [5, 5.41) is 0.111. The van der Waals surface area contributed by atoms with Gasteiger partial charge in [-0.3, -0.25) is 4.79 Å². The molecule has 0 unspecified atom stereocenters. The van der Waals surface area contributed by atoms with Gasteiger partial charge in [0.05, 0.1) is 11.8 Å². The number of amides is 1. The molecule has 1 heterocycles. The third-order valence-electron chi connectivity index (χ3n) is 3.36. The van der Waals surface area contributed by atoms with Crippen molar-refractivity contribution < 1.29 is 13.6 Å². The van der Waals surface area contributed by atoms with Crippen molar-refractivity contribution in [1.29, 1.82) is 0 Å². The first kappa shape index (κ1) is 13.2. The predicted molar refractivity (Wildman–Crippen MR) is 73.0 cm³/mol. The summed E-state index contributed by atoms with van der Waals surface area (Å²) >= 11 is 5.86. The number of carbonyl (C=O) groups excluding carboxylic acids is 1. The molecule has 0 bridgehead atoms. The molecule has 20 heavy (non-hydrogen) atoms. The average molecular weight is 294 g/mol. The van der Waals surface area contributed by atoms with Crippen LogP contribution >= 0.6 is 11.6 Å². The van der Waals surface area contributed by atoms with Gasteiger partial charge in [0.1, 0.15) is 5.82 Å². The van der Waals surface area contributed by atoms with Crippen LogP contribution in [0.3, 0.4) is 0 Å². The molecule has 1 aliphatic carbocycles. The molecule has 0 spiro atoms. The molecule has 1 fully saturated rings. The van der Waals surface area contributed by atoms with Gasteiger partial charge in [0.2, 0.25) is 5.22 Å². The standard InChI is InChI=1S/C15H13ClFNO2/c16-14-13(7-8-20-14)15(19)18(12-5-6-12)9-10-1-3-11(17)4-2-10/h1-4,7-8,12H,5-6,9H2. The summed E-state index contributed by atoms with van der Waals surface area (Å²) in [6.45, 7) is 0.450. The van der Waals surface area contributed by atoms with E-state index < -0.39 is 0 Å². The summed E-state index contributed by atoms with van der Waals surface area (Å²) in [6.07, 6.45) is 3.38. The molecule has 1 amide bonds. The lowest BCUT2D eigenvalue weighted by Gasteiger charge is -2.22. The first-order valence-electron chi connectivity index (χ1n) is 6.43. The van der Waals surface area contributed by atoms with E-state index in [0.29, 0.717) is 12.1 Å². The van der Waals surface area contributed by atoms with Crippen molar-refractivity contribution in [3.05, 3.63) is 58.8 Å². The third-order valence-corrected chi connectivity index (χ3v) is 3.66. The zero-order valence-corrected chi connectivity index (χ0v) is 11.4. The van der Waals surface area contributed by atoms with Crippen LogP contribution in [0.15, 0.2) is 41.0 Å². The van der Waals surface area contributed by atoms with Gasteiger partial charge in [-0.25, -0.2) is 4.39 Å². The highest BCUT2D eigenvalue weighted by molar-refractivity contribution is 6.32. The number of halogens is 2. The Morgan fingerprint density at radius 2 is 2.00 bits per heavy atom. The van der Waals surface area contributed by atoms with E-state index in [-0.39, 0.29) is 23.0 Å². The summed E-state index contributed by atoms with van der Waals surface area (Å²) in [5.74, 6) is -0.425. The highest BCUT2D eigenvalue weighted by Gasteiger charge is 2.34. The van der Waals surface area contributed by atoms with Crippen molar-refractivity contribution in [2.24, 2.45) is 0 Å². The van der Waals surface area contributed by atoms with Crippen LogP contribution < -0.4 is 0 Å². The molecule has 3 nitrogen and oxygen atoms in total. The Labute approximate surface area is 120 Å². The van der Waals surface area contributed by atoms with Gasteiger partial charge in [-0.1, -0.05) is 12.1 Å². The molecule has 0 saturated heterocycles. The van der Waals surface area contributed by atoms with Crippen LogP contribution in [0.4, 0.5) is 4.39 Å². The second kappa shape index (κ2) is 5.29. The van der Waals surface area contributed by atoms with Crippen molar-refractivity contribution in [3.63, 3.8) is 0 Å². The number of furan rings is 1. The van der Waals surface area contributed by atoms with Gasteiger partial charge in [0, 0.05) is 12.6 Å². The lowest BCUT2D eigenvalue weighted by molar-refractivity contribution is 0.0729. The fourth-order valence-corrected chi connectivity index (χ4v) is 2.34. The number of rotatable bonds is 4. The van der Waals surface area contributed by atoms with E-state index in [1.165, 1.54) is 18.4 Å². The Bertz CT molecular complexity index is 619. The van der Waals surface area contributed by atoms with Crippen LogP contribution in [-0.2, 0) is 6.54 Å². The van der Waals surface area contributed by atoms with Gasteiger partial charge in [-0.2, -0.15) is 0 Å². The normalized spacial score (nSPS) is 14.3. The Morgan fingerprint density at radius 1 is 1.30 bits per heavy atom. The van der Waals surface area contributed by atoms with Crippen LogP contribution in [-0.4, -0.2) is 16.8 Å². The smallest absolute Gasteiger partial charge is 0.259 e. The molecule has 0 aliphatic heterocycles. The van der Waals surface area contributed by atoms with Crippen molar-refractivity contribution in [3.8, 4) is 0 Å². The summed E-state index contributed by atoms with van der Waals surface area (Å²) in [7, 11) is 0. The van der Waals surface area contributed by atoms with Crippen molar-refractivity contribution in [2.45, 2.75) is 25.4 Å². The van der Waals surface area contributed by atoms with Crippen molar-refractivity contribution in [2.75, 3.05) is 0 Å². The van der Waals surface area contributed by atoms with Gasteiger partial charge < -0.3 is 9.32 Å². The van der Waals surface area contributed by atoms with Crippen LogP contribution in [0, 0.1) is 5.82 Å². The monoisotopic (exact) mass is 293 g/mol. The van der Waals surface area contributed by atoms with Crippen LogP contribution in [0.5, 0.6) is 0 Å². The van der Waals surface area contributed by atoms with Crippen LogP contribution in [0.25, 0.3) is 0 Å². The first-order chi connectivity index (χ1) is 9.65. The quantitative estimate of drug-likeness (QED) is 0.857. The number of carbonyl (C=O) groups is 1. The van der Waals surface area contributed by atoms with E-state index in [9.17, 15) is 9.18 Å². The fourth-order valence-electron chi connectivity index (χ4n) is 2.14. The minimum atomic E-state index is -0.282. The fraction of sp³-hybridized carbons (Fsp3) is 0.267. The first-order valence-corrected chi connectivity index (χ1v) is 6.81. The summed E-state index contributed by atoms with van der Waals surface area (Å²) < 4.78 is 17.9. The second-order valence-corrected chi connectivity index (χ2v) is 5.24. The van der Waals surface area contributed by atoms with Gasteiger partial charge in [0.15, 0.2) is 0 Å². The number of nitrogens with zero attached hydrogens (tertiary/aromatic N) is 1. The van der Waals surface area contributed by atoms with Gasteiger partial charge in [-0.05, 0) is 48.2 Å². The van der Waals surface area contributed by atoms with Crippen LogP contribution in [0.1, 0.15) is 28.8 Å². The predicted octanol–water partition coefficient (Wildman–Crippen LogP) is 3.88. The van der Waals surface area contributed by atoms with Crippen LogP contribution in [0.2, 0.25) is 5.22 Å². The SMILES string of the molecule is O=C(c1ccoc1Cl)N(Cc1ccc(F)cc1)C1CC1. The molecule has 5 heteroatoms. The minimum Gasteiger partial charge on any atom is -0.452 e. The Balaban J connectivity index is 1.81. The topological polar surface area (TPSA) is 33.5 Å². The maximum absolute atomic E-state index is 12.9. The van der Waals surface area contributed by atoms with E-state index >= 15 is 0 Å². The van der Waals surface area contributed by atoms with E-state index in [1.54, 1.807) is 23.1 Å². The maximum Gasteiger partial charge on any atom is 0.259 e. The zero-order chi connectivity index (χ0) is 14.1. The lowest BCUT2D eigenvalue weighted by atomic mass is 10.2. The van der Waals surface area contributed by atoms with Gasteiger partial charge in [0.25, 0.3) is 5.91 Å². The summed E-state index contributed by atoms with van der Waals surface area (Å²) in [6, 6.07) is 7.98. The van der Waals surface area contributed by atoms with Crippen molar-refractivity contribution >= 4 is 17.5 Å². The Kier molecular flexibility index (Phi) is 3.49. The Morgan fingerprint density at radius 3 is 2.55 bits per heavy atom. The molecule has 104 valence electrons. The molecule has 2 aromatic rings. The minimum absolute atomic E-state index is 0.111. The molecule has 0 atom stereocenters. The number of hydrogen-bond acceptors (Lipinski definition) is 2. The molecule has 1 aromatic heterocycles.